The largest absolute Gasteiger partial charge is 0.374 e. The molecule has 0 saturated heterocycles. The van der Waals surface area contributed by atoms with Gasteiger partial charge in [0.15, 0.2) is 0 Å². The highest BCUT2D eigenvalue weighted by Crippen LogP contribution is 2.26. The maximum Gasteiger partial charge on any atom is 0.292 e. The Morgan fingerprint density at radius 3 is 2.95 bits per heavy atom. The molecule has 1 aromatic heterocycles. The van der Waals surface area contributed by atoms with Crippen LogP contribution in [0.5, 0.6) is 0 Å². The highest BCUT2D eigenvalue weighted by molar-refractivity contribution is 7.09. The van der Waals surface area contributed by atoms with E-state index < -0.39 is 4.92 Å². The molecule has 0 bridgehead atoms. The number of nitrogens with one attached hydrogen (secondary N) is 1. The summed E-state index contributed by atoms with van der Waals surface area (Å²) < 4.78 is 0. The van der Waals surface area contributed by atoms with Gasteiger partial charge in [0.05, 0.1) is 34.3 Å². The van der Waals surface area contributed by atoms with Crippen molar-refractivity contribution < 1.29 is 4.92 Å². The van der Waals surface area contributed by atoms with Gasteiger partial charge in [-0.25, -0.2) is 4.98 Å². The molecular formula is C12H10N4O2S. The zero-order valence-corrected chi connectivity index (χ0v) is 10.9. The first-order valence-electron chi connectivity index (χ1n) is 5.43. The molecule has 1 aromatic carbocycles. The molecule has 2 aromatic rings. The summed E-state index contributed by atoms with van der Waals surface area (Å²) >= 11 is 1.48. The van der Waals surface area contributed by atoms with Crippen LogP contribution in [0.1, 0.15) is 16.1 Å². The third-order valence-corrected chi connectivity index (χ3v) is 3.54. The monoisotopic (exact) mass is 274 g/mol. The second-order valence-corrected chi connectivity index (χ2v) is 4.75. The van der Waals surface area contributed by atoms with E-state index in [0.29, 0.717) is 17.8 Å². The van der Waals surface area contributed by atoms with E-state index in [9.17, 15) is 10.1 Å². The average Bonchev–Trinajstić information content (AvgIpc) is 2.81. The molecule has 0 radical (unpaired) electrons. The Balaban J connectivity index is 2.25. The van der Waals surface area contributed by atoms with Gasteiger partial charge in [0.25, 0.3) is 5.69 Å². The Hall–Kier alpha value is -2.46. The third-order valence-electron chi connectivity index (χ3n) is 2.61. The Kier molecular flexibility index (Phi) is 3.73. The normalized spacial score (nSPS) is 9.89. The zero-order valence-electron chi connectivity index (χ0n) is 10.1. The average molecular weight is 274 g/mol. The van der Waals surface area contributed by atoms with Crippen LogP contribution in [0.15, 0.2) is 23.7 Å². The molecule has 0 aliphatic carbocycles. The first-order valence-corrected chi connectivity index (χ1v) is 6.31. The quantitative estimate of drug-likeness (QED) is 0.683. The van der Waals surface area contributed by atoms with Gasteiger partial charge in [-0.05, 0) is 19.1 Å². The number of nitro groups is 1. The second kappa shape index (κ2) is 5.46. The lowest BCUT2D eigenvalue weighted by Crippen LogP contribution is -2.03. The summed E-state index contributed by atoms with van der Waals surface area (Å²) in [6, 6.07) is 6.21. The number of nitrogens with zero attached hydrogens (tertiary/aromatic N) is 3. The van der Waals surface area contributed by atoms with Crippen molar-refractivity contribution in [3.63, 3.8) is 0 Å². The van der Waals surface area contributed by atoms with Crippen molar-refractivity contribution in [2.75, 3.05) is 5.32 Å². The number of nitriles is 1. The number of rotatable bonds is 4. The van der Waals surface area contributed by atoms with Crippen LogP contribution in [0.2, 0.25) is 0 Å². The van der Waals surface area contributed by atoms with Gasteiger partial charge in [-0.3, -0.25) is 10.1 Å². The van der Waals surface area contributed by atoms with E-state index in [-0.39, 0.29) is 5.69 Å². The van der Waals surface area contributed by atoms with Gasteiger partial charge in [0, 0.05) is 10.9 Å². The van der Waals surface area contributed by atoms with E-state index in [1.165, 1.54) is 29.5 Å². The number of aryl methyl sites for hydroxylation is 1. The fourth-order valence-corrected chi connectivity index (χ4v) is 2.29. The molecule has 96 valence electrons. The van der Waals surface area contributed by atoms with Crippen molar-refractivity contribution in [2.45, 2.75) is 13.5 Å². The van der Waals surface area contributed by atoms with Gasteiger partial charge >= 0.3 is 0 Å². The molecule has 2 rings (SSSR count). The molecule has 0 saturated carbocycles. The lowest BCUT2D eigenvalue weighted by atomic mass is 10.2. The zero-order chi connectivity index (χ0) is 13.8. The number of hydrogen-bond donors (Lipinski definition) is 1. The van der Waals surface area contributed by atoms with E-state index >= 15 is 0 Å². The molecular weight excluding hydrogens is 264 g/mol. The van der Waals surface area contributed by atoms with Crippen molar-refractivity contribution in [3.8, 4) is 6.07 Å². The molecule has 0 atom stereocenters. The fraction of sp³-hybridized carbons (Fsp3) is 0.167. The summed E-state index contributed by atoms with van der Waals surface area (Å²) in [5.41, 5.74) is 3.32. The molecule has 1 N–H and O–H groups in total. The van der Waals surface area contributed by atoms with Crippen molar-refractivity contribution in [3.05, 3.63) is 50.0 Å². The van der Waals surface area contributed by atoms with Crippen LogP contribution in [0.3, 0.4) is 0 Å². The van der Waals surface area contributed by atoms with Crippen LogP contribution in [0, 0.1) is 28.4 Å². The first-order chi connectivity index (χ1) is 9.11. The van der Waals surface area contributed by atoms with Crippen molar-refractivity contribution >= 4 is 22.7 Å². The van der Waals surface area contributed by atoms with Crippen LogP contribution in [0.25, 0.3) is 0 Å². The van der Waals surface area contributed by atoms with Crippen LogP contribution in [-0.4, -0.2) is 9.91 Å². The maximum absolute atomic E-state index is 10.9. The Bertz CT molecular complexity index is 660. The van der Waals surface area contributed by atoms with Gasteiger partial charge in [-0.1, -0.05) is 0 Å². The number of nitro benzene ring substituents is 1. The van der Waals surface area contributed by atoms with Crippen LogP contribution in [-0.2, 0) is 6.54 Å². The molecule has 7 heteroatoms. The number of aromatic nitrogens is 1. The molecule has 1 heterocycles. The van der Waals surface area contributed by atoms with Crippen molar-refractivity contribution in [2.24, 2.45) is 0 Å². The van der Waals surface area contributed by atoms with Crippen LogP contribution < -0.4 is 5.32 Å². The summed E-state index contributed by atoms with van der Waals surface area (Å²) in [4.78, 5) is 15.6. The minimum absolute atomic E-state index is 0.0406. The summed E-state index contributed by atoms with van der Waals surface area (Å²) in [5.74, 6) is 0. The molecule has 0 fully saturated rings. The van der Waals surface area contributed by atoms with Crippen molar-refractivity contribution in [1.82, 2.24) is 4.98 Å². The Labute approximate surface area is 113 Å². The third kappa shape index (κ3) is 2.86. The second-order valence-electron chi connectivity index (χ2n) is 3.82. The number of benzene rings is 1. The van der Waals surface area contributed by atoms with Gasteiger partial charge in [-0.15, -0.1) is 11.3 Å². The lowest BCUT2D eigenvalue weighted by molar-refractivity contribution is -0.384. The Morgan fingerprint density at radius 2 is 2.37 bits per heavy atom. The molecule has 0 unspecified atom stereocenters. The molecule has 0 spiro atoms. The number of thiazole rings is 1. The van der Waals surface area contributed by atoms with E-state index in [0.717, 1.165) is 10.6 Å². The molecule has 0 amide bonds. The standard InChI is InChI=1S/C12H10N4O2S/c1-8-12(19-7-15-8)6-14-10-4-9(5-13)2-3-11(10)16(17)18/h2-4,7,14H,6H2,1H3. The number of hydrogen-bond acceptors (Lipinski definition) is 6. The summed E-state index contributed by atoms with van der Waals surface area (Å²) in [7, 11) is 0. The first kappa shape index (κ1) is 13.0. The fourth-order valence-electron chi connectivity index (χ4n) is 1.58. The van der Waals surface area contributed by atoms with Crippen LogP contribution >= 0.6 is 11.3 Å². The molecule has 19 heavy (non-hydrogen) atoms. The van der Waals surface area contributed by atoms with E-state index in [4.69, 9.17) is 5.26 Å². The van der Waals surface area contributed by atoms with E-state index in [1.807, 2.05) is 13.0 Å². The van der Waals surface area contributed by atoms with Gasteiger partial charge in [0.1, 0.15) is 5.69 Å². The van der Waals surface area contributed by atoms with Gasteiger partial charge in [0.2, 0.25) is 0 Å². The number of anilines is 1. The maximum atomic E-state index is 10.9. The summed E-state index contributed by atoms with van der Waals surface area (Å²) in [5, 5.41) is 22.7. The van der Waals surface area contributed by atoms with Gasteiger partial charge in [-0.2, -0.15) is 5.26 Å². The predicted molar refractivity (Wildman–Crippen MR) is 72.0 cm³/mol. The van der Waals surface area contributed by atoms with Crippen LogP contribution in [0.4, 0.5) is 11.4 Å². The SMILES string of the molecule is Cc1ncsc1CNc1cc(C#N)ccc1[N+](=O)[O-]. The topological polar surface area (TPSA) is 91.8 Å². The lowest BCUT2D eigenvalue weighted by Gasteiger charge is -2.06. The summed E-state index contributed by atoms with van der Waals surface area (Å²) in [6.45, 7) is 2.33. The predicted octanol–water partition coefficient (Wildman–Crippen LogP) is 2.84. The van der Waals surface area contributed by atoms with Crippen molar-refractivity contribution in [1.29, 1.82) is 5.26 Å². The minimum atomic E-state index is -0.469. The summed E-state index contributed by atoms with van der Waals surface area (Å²) in [6.07, 6.45) is 0. The minimum Gasteiger partial charge on any atom is -0.374 e. The molecule has 0 aliphatic heterocycles. The van der Waals surface area contributed by atoms with Gasteiger partial charge < -0.3 is 5.32 Å². The highest BCUT2D eigenvalue weighted by atomic mass is 32.1. The smallest absolute Gasteiger partial charge is 0.292 e. The molecule has 6 nitrogen and oxygen atoms in total. The Morgan fingerprint density at radius 1 is 1.58 bits per heavy atom. The van der Waals surface area contributed by atoms with E-state index in [1.54, 1.807) is 5.51 Å². The molecule has 0 aliphatic rings. The highest BCUT2D eigenvalue weighted by Gasteiger charge is 2.14. The van der Waals surface area contributed by atoms with E-state index in [2.05, 4.69) is 10.3 Å².